The van der Waals surface area contributed by atoms with Crippen LogP contribution in [0, 0.1) is 29.1 Å². The van der Waals surface area contributed by atoms with E-state index >= 15 is 0 Å². The van der Waals surface area contributed by atoms with E-state index in [1.54, 1.807) is 0 Å². The Bertz CT molecular complexity index is 629. The Hall–Kier alpha value is -1.09. The van der Waals surface area contributed by atoms with E-state index in [-0.39, 0.29) is 11.3 Å². The smallest absolute Gasteiger partial charge is 0.139 e. The first-order valence-electron chi connectivity index (χ1n) is 10.2. The van der Waals surface area contributed by atoms with Gasteiger partial charge < -0.3 is 9.84 Å². The topological polar surface area (TPSA) is 46.5 Å². The number of ether oxygens (including phenoxy) is 1. The molecule has 3 nitrogen and oxygen atoms in total. The molecule has 4 rings (SSSR count). The van der Waals surface area contributed by atoms with Gasteiger partial charge in [-0.05, 0) is 81.3 Å². The van der Waals surface area contributed by atoms with Gasteiger partial charge in [0.1, 0.15) is 5.78 Å². The first kappa shape index (κ1) is 17.3. The van der Waals surface area contributed by atoms with Gasteiger partial charge in [0, 0.05) is 18.3 Å². The van der Waals surface area contributed by atoms with Gasteiger partial charge in [-0.15, -0.1) is 0 Å². The molecule has 0 radical (unpaired) electrons. The lowest BCUT2D eigenvalue weighted by atomic mass is 9.48. The summed E-state index contributed by atoms with van der Waals surface area (Å²) in [6, 6.07) is 0. The molecule has 6 unspecified atom stereocenters. The molecule has 2 fully saturated rings. The highest BCUT2D eigenvalue weighted by molar-refractivity contribution is 5.87. The number of hydrogen-bond donors (Lipinski definition) is 1. The van der Waals surface area contributed by atoms with Crippen LogP contribution in [0.25, 0.3) is 0 Å². The SMILES string of the molecule is CCOC1=CC2=CCC3C(C2CC1)C(C)(O)CC1(CC)C(=O)CCC31. The van der Waals surface area contributed by atoms with E-state index in [0.29, 0.717) is 36.4 Å². The molecule has 25 heavy (non-hydrogen) atoms. The van der Waals surface area contributed by atoms with Crippen LogP contribution in [0.1, 0.15) is 65.7 Å². The van der Waals surface area contributed by atoms with Gasteiger partial charge in [0.2, 0.25) is 0 Å². The molecule has 1 N–H and O–H groups in total. The first-order chi connectivity index (χ1) is 11.9. The minimum atomic E-state index is -0.752. The summed E-state index contributed by atoms with van der Waals surface area (Å²) < 4.78 is 5.75. The molecule has 0 saturated heterocycles. The molecule has 0 aliphatic heterocycles. The fraction of sp³-hybridized carbons (Fsp3) is 0.773. The second kappa shape index (κ2) is 5.97. The molecule has 4 aliphatic carbocycles. The van der Waals surface area contributed by atoms with Crippen LogP contribution in [-0.2, 0) is 9.53 Å². The Balaban J connectivity index is 1.72. The van der Waals surface area contributed by atoms with Gasteiger partial charge in [-0.25, -0.2) is 0 Å². The third-order valence-electron chi connectivity index (χ3n) is 7.79. The average Bonchev–Trinajstić information content (AvgIpc) is 2.91. The molecular weight excluding hydrogens is 312 g/mol. The third-order valence-corrected chi connectivity index (χ3v) is 7.79. The van der Waals surface area contributed by atoms with E-state index in [1.165, 1.54) is 5.57 Å². The Labute approximate surface area is 151 Å². The summed E-state index contributed by atoms with van der Waals surface area (Å²) in [5.74, 6) is 3.12. The number of aliphatic hydroxyl groups is 1. The van der Waals surface area contributed by atoms with Crippen LogP contribution in [0.2, 0.25) is 0 Å². The van der Waals surface area contributed by atoms with Gasteiger partial charge in [0.25, 0.3) is 0 Å². The number of carbonyl (C=O) groups is 1. The molecule has 0 heterocycles. The summed E-state index contributed by atoms with van der Waals surface area (Å²) in [6.45, 7) is 6.91. The summed E-state index contributed by atoms with van der Waals surface area (Å²) in [5, 5.41) is 11.5. The standard InChI is InChI=1S/C22H32O3/c1-4-22-13-21(3,24)20-16-9-7-15(25-5-2)12-14(16)6-8-17(20)18(22)10-11-19(22)23/h6,12,16-18,20,24H,4-5,7-11,13H2,1-3H3. The highest BCUT2D eigenvalue weighted by Crippen LogP contribution is 2.64. The van der Waals surface area contributed by atoms with Crippen LogP contribution in [0.15, 0.2) is 23.5 Å². The lowest BCUT2D eigenvalue weighted by molar-refractivity contribution is -0.164. The minimum Gasteiger partial charge on any atom is -0.498 e. The summed E-state index contributed by atoms with van der Waals surface area (Å²) in [7, 11) is 0. The number of rotatable bonds is 3. The summed E-state index contributed by atoms with van der Waals surface area (Å²) in [4.78, 5) is 12.8. The monoisotopic (exact) mass is 344 g/mol. The van der Waals surface area contributed by atoms with E-state index in [9.17, 15) is 9.90 Å². The average molecular weight is 344 g/mol. The summed E-state index contributed by atoms with van der Waals surface area (Å²) in [5.41, 5.74) is 0.347. The molecule has 3 heteroatoms. The van der Waals surface area contributed by atoms with Gasteiger partial charge in [-0.1, -0.05) is 13.0 Å². The first-order valence-corrected chi connectivity index (χ1v) is 10.2. The van der Waals surface area contributed by atoms with Crippen LogP contribution >= 0.6 is 0 Å². The fourth-order valence-corrected chi connectivity index (χ4v) is 6.97. The normalized spacial score (nSPS) is 45.8. The van der Waals surface area contributed by atoms with Crippen molar-refractivity contribution in [2.24, 2.45) is 29.1 Å². The molecule has 6 atom stereocenters. The quantitative estimate of drug-likeness (QED) is 0.825. The highest BCUT2D eigenvalue weighted by atomic mass is 16.5. The predicted octanol–water partition coefficient (Wildman–Crippen LogP) is 4.41. The van der Waals surface area contributed by atoms with Gasteiger partial charge >= 0.3 is 0 Å². The predicted molar refractivity (Wildman–Crippen MR) is 97.8 cm³/mol. The lowest BCUT2D eigenvalue weighted by Gasteiger charge is -2.58. The van der Waals surface area contributed by atoms with Gasteiger partial charge in [-0.3, -0.25) is 4.79 Å². The number of ketones is 1. The van der Waals surface area contributed by atoms with Crippen molar-refractivity contribution in [1.29, 1.82) is 0 Å². The zero-order chi connectivity index (χ0) is 17.8. The number of allylic oxidation sites excluding steroid dienone is 4. The highest BCUT2D eigenvalue weighted by Gasteiger charge is 2.63. The van der Waals surface area contributed by atoms with Gasteiger partial charge in [0.15, 0.2) is 0 Å². The van der Waals surface area contributed by atoms with Crippen molar-refractivity contribution in [2.75, 3.05) is 6.61 Å². The molecule has 0 spiro atoms. The van der Waals surface area contributed by atoms with Crippen molar-refractivity contribution in [1.82, 2.24) is 0 Å². The molecule has 0 aromatic carbocycles. The maximum Gasteiger partial charge on any atom is 0.139 e. The van der Waals surface area contributed by atoms with Crippen LogP contribution in [0.5, 0.6) is 0 Å². The van der Waals surface area contributed by atoms with Crippen molar-refractivity contribution in [3.63, 3.8) is 0 Å². The Kier molecular flexibility index (Phi) is 4.14. The largest absolute Gasteiger partial charge is 0.498 e. The molecular formula is C22H32O3. The number of carbonyl (C=O) groups excluding carboxylic acids is 1. The summed E-state index contributed by atoms with van der Waals surface area (Å²) in [6.07, 6.45) is 10.9. The van der Waals surface area contributed by atoms with Crippen molar-refractivity contribution in [3.8, 4) is 0 Å². The molecule has 138 valence electrons. The molecule has 0 amide bonds. The maximum absolute atomic E-state index is 12.8. The summed E-state index contributed by atoms with van der Waals surface area (Å²) >= 11 is 0. The van der Waals surface area contributed by atoms with Gasteiger partial charge in [-0.2, -0.15) is 0 Å². The number of fused-ring (bicyclic) bond motifs is 5. The van der Waals surface area contributed by atoms with Crippen molar-refractivity contribution < 1.29 is 14.6 Å². The molecule has 0 aromatic rings. The Morgan fingerprint density at radius 2 is 2.08 bits per heavy atom. The van der Waals surface area contributed by atoms with Crippen molar-refractivity contribution >= 4 is 5.78 Å². The van der Waals surface area contributed by atoms with Crippen molar-refractivity contribution in [2.45, 2.75) is 71.3 Å². The van der Waals surface area contributed by atoms with E-state index in [4.69, 9.17) is 4.74 Å². The third kappa shape index (κ3) is 2.45. The Morgan fingerprint density at radius 1 is 1.28 bits per heavy atom. The fourth-order valence-electron chi connectivity index (χ4n) is 6.97. The lowest BCUT2D eigenvalue weighted by Crippen LogP contribution is -2.58. The second-order valence-electron chi connectivity index (χ2n) is 8.93. The zero-order valence-corrected chi connectivity index (χ0v) is 15.9. The Morgan fingerprint density at radius 3 is 2.80 bits per heavy atom. The van der Waals surface area contributed by atoms with Crippen LogP contribution < -0.4 is 0 Å². The van der Waals surface area contributed by atoms with E-state index < -0.39 is 5.60 Å². The number of Topliss-reactive ketones (excluding diaryl/α,β-unsaturated/α-hetero) is 1. The van der Waals surface area contributed by atoms with Gasteiger partial charge in [0.05, 0.1) is 18.0 Å². The molecule has 4 aliphatic rings. The maximum atomic E-state index is 12.8. The number of hydrogen-bond acceptors (Lipinski definition) is 3. The van der Waals surface area contributed by atoms with Crippen molar-refractivity contribution in [3.05, 3.63) is 23.5 Å². The molecule has 0 aromatic heterocycles. The van der Waals surface area contributed by atoms with Crippen LogP contribution in [0.3, 0.4) is 0 Å². The minimum absolute atomic E-state index is 0.267. The second-order valence-corrected chi connectivity index (χ2v) is 8.93. The van der Waals surface area contributed by atoms with Crippen LogP contribution in [-0.4, -0.2) is 23.1 Å². The molecule has 0 bridgehead atoms. The molecule has 2 saturated carbocycles. The van der Waals surface area contributed by atoms with E-state index in [1.807, 2.05) is 13.8 Å². The zero-order valence-electron chi connectivity index (χ0n) is 15.9. The van der Waals surface area contributed by atoms with E-state index in [2.05, 4.69) is 19.1 Å². The van der Waals surface area contributed by atoms with Crippen LogP contribution in [0.4, 0.5) is 0 Å². The van der Waals surface area contributed by atoms with E-state index in [0.717, 1.165) is 44.5 Å².